The molecule has 1 saturated carbocycles. The minimum atomic E-state index is -4.62. The molecule has 1 fully saturated rings. The van der Waals surface area contributed by atoms with Crippen molar-refractivity contribution >= 4 is 23.4 Å². The van der Waals surface area contributed by atoms with Crippen molar-refractivity contribution in [2.75, 3.05) is 13.1 Å². The number of carbonyl (C=O) groups excluding carboxylic acids is 3. The van der Waals surface area contributed by atoms with E-state index < -0.39 is 53.6 Å². The topological polar surface area (TPSA) is 101 Å². The van der Waals surface area contributed by atoms with Crippen LogP contribution in [-0.4, -0.2) is 57.8 Å². The average Bonchev–Trinajstić information content (AvgIpc) is 3.43. The van der Waals surface area contributed by atoms with Gasteiger partial charge in [-0.3, -0.25) is 29.4 Å². The molecule has 28 heavy (non-hydrogen) atoms. The molecule has 0 N–H and O–H groups in total. The molecular weight excluding hydrogens is 383 g/mol. The highest BCUT2D eigenvalue weighted by atomic mass is 19.4. The molecule has 1 aliphatic heterocycles. The lowest BCUT2D eigenvalue weighted by Crippen LogP contribution is -2.50. The van der Waals surface area contributed by atoms with Gasteiger partial charge in [0.05, 0.1) is 16.1 Å². The predicted molar refractivity (Wildman–Crippen MR) is 88.4 cm³/mol. The average molecular weight is 399 g/mol. The number of fused-ring (bicyclic) bond motifs is 1. The van der Waals surface area contributed by atoms with Crippen molar-refractivity contribution in [3.63, 3.8) is 0 Å². The van der Waals surface area contributed by atoms with Crippen molar-refractivity contribution in [1.29, 1.82) is 0 Å². The maximum atomic E-state index is 12.9. The van der Waals surface area contributed by atoms with Gasteiger partial charge < -0.3 is 4.90 Å². The quantitative estimate of drug-likeness (QED) is 0.415. The van der Waals surface area contributed by atoms with E-state index in [4.69, 9.17) is 0 Å². The van der Waals surface area contributed by atoms with E-state index in [9.17, 15) is 37.7 Å². The molecule has 1 aromatic rings. The maximum Gasteiger partial charge on any atom is 0.406 e. The molecule has 1 atom stereocenters. The molecule has 0 unspecified atom stereocenters. The summed E-state index contributed by atoms with van der Waals surface area (Å²) in [6, 6.07) is 2.38. The van der Waals surface area contributed by atoms with Crippen LogP contribution in [0.1, 0.15) is 40.5 Å². The fourth-order valence-electron chi connectivity index (χ4n) is 3.25. The number of nitro benzene ring substituents is 1. The zero-order valence-corrected chi connectivity index (χ0v) is 14.7. The minimum absolute atomic E-state index is 0.0453. The molecule has 0 bridgehead atoms. The SMILES string of the molecule is C[C@@H](C1CC1)N(CC(F)(F)F)C(=O)CN1C(=O)c2ccc([N+](=O)[O-])cc2C1=O. The van der Waals surface area contributed by atoms with Crippen molar-refractivity contribution in [2.45, 2.75) is 32.0 Å². The number of nitro groups is 1. The molecular formula is C17H16F3N3O5. The molecule has 3 amide bonds. The van der Waals surface area contributed by atoms with Gasteiger partial charge >= 0.3 is 6.18 Å². The van der Waals surface area contributed by atoms with E-state index in [0.717, 1.165) is 18.2 Å². The van der Waals surface area contributed by atoms with Crippen molar-refractivity contribution in [3.05, 3.63) is 39.4 Å². The molecule has 8 nitrogen and oxygen atoms in total. The van der Waals surface area contributed by atoms with E-state index in [0.29, 0.717) is 22.6 Å². The van der Waals surface area contributed by atoms with Crippen LogP contribution in [0.15, 0.2) is 18.2 Å². The number of hydrogen-bond acceptors (Lipinski definition) is 5. The van der Waals surface area contributed by atoms with Crippen LogP contribution in [-0.2, 0) is 4.79 Å². The van der Waals surface area contributed by atoms with Crippen LogP contribution in [0, 0.1) is 16.0 Å². The van der Waals surface area contributed by atoms with Crippen LogP contribution in [0.5, 0.6) is 0 Å². The largest absolute Gasteiger partial charge is 0.406 e. The lowest BCUT2D eigenvalue weighted by molar-refractivity contribution is -0.384. The first-order chi connectivity index (χ1) is 13.0. The smallest absolute Gasteiger partial charge is 0.329 e. The summed E-state index contributed by atoms with van der Waals surface area (Å²) in [5.74, 6) is -2.85. The number of halogens is 3. The van der Waals surface area contributed by atoms with Crippen molar-refractivity contribution in [1.82, 2.24) is 9.80 Å². The number of imide groups is 1. The summed E-state index contributed by atoms with van der Waals surface area (Å²) >= 11 is 0. The summed E-state index contributed by atoms with van der Waals surface area (Å²) in [6.45, 7) is -0.821. The Kier molecular flexibility index (Phi) is 4.86. The number of carbonyl (C=O) groups is 3. The fourth-order valence-corrected chi connectivity index (χ4v) is 3.25. The van der Waals surface area contributed by atoms with Gasteiger partial charge in [-0.1, -0.05) is 0 Å². The number of rotatable bonds is 6. The third-order valence-electron chi connectivity index (χ3n) is 4.92. The first-order valence-electron chi connectivity index (χ1n) is 8.50. The summed E-state index contributed by atoms with van der Waals surface area (Å²) in [5.41, 5.74) is -0.778. The summed E-state index contributed by atoms with van der Waals surface area (Å²) in [4.78, 5) is 48.6. The molecule has 11 heteroatoms. The Morgan fingerprint density at radius 1 is 1.29 bits per heavy atom. The number of nitrogens with zero attached hydrogens (tertiary/aromatic N) is 3. The second-order valence-corrected chi connectivity index (χ2v) is 6.90. The molecule has 0 spiro atoms. The molecule has 0 radical (unpaired) electrons. The van der Waals surface area contributed by atoms with Crippen LogP contribution in [0.3, 0.4) is 0 Å². The van der Waals surface area contributed by atoms with Crippen molar-refractivity contribution in [2.24, 2.45) is 5.92 Å². The van der Waals surface area contributed by atoms with Gasteiger partial charge in [-0.15, -0.1) is 0 Å². The molecule has 1 aromatic carbocycles. The van der Waals surface area contributed by atoms with E-state index in [1.807, 2.05) is 0 Å². The summed E-state index contributed by atoms with van der Waals surface area (Å²) in [6.07, 6.45) is -3.21. The Morgan fingerprint density at radius 2 is 1.89 bits per heavy atom. The highest BCUT2D eigenvalue weighted by Crippen LogP contribution is 2.36. The number of amides is 3. The van der Waals surface area contributed by atoms with Gasteiger partial charge in [-0.2, -0.15) is 13.2 Å². The normalized spacial score (nSPS) is 17.5. The lowest BCUT2D eigenvalue weighted by Gasteiger charge is -2.31. The Balaban J connectivity index is 1.81. The third kappa shape index (κ3) is 3.82. The number of benzene rings is 1. The Morgan fingerprint density at radius 3 is 2.43 bits per heavy atom. The van der Waals surface area contributed by atoms with Crippen molar-refractivity contribution in [3.8, 4) is 0 Å². The lowest BCUT2D eigenvalue weighted by atomic mass is 10.1. The first kappa shape index (κ1) is 19.8. The van der Waals surface area contributed by atoms with Gasteiger partial charge in [0.25, 0.3) is 17.5 Å². The number of alkyl halides is 3. The minimum Gasteiger partial charge on any atom is -0.329 e. The van der Waals surface area contributed by atoms with Gasteiger partial charge in [0.2, 0.25) is 5.91 Å². The van der Waals surface area contributed by atoms with Gasteiger partial charge in [0.15, 0.2) is 0 Å². The Labute approximate surface area is 157 Å². The third-order valence-corrected chi connectivity index (χ3v) is 4.92. The predicted octanol–water partition coefficient (Wildman–Crippen LogP) is 2.38. The maximum absolute atomic E-state index is 12.9. The summed E-state index contributed by atoms with van der Waals surface area (Å²) < 4.78 is 38.7. The van der Waals surface area contributed by atoms with Crippen LogP contribution >= 0.6 is 0 Å². The van der Waals surface area contributed by atoms with Crippen molar-refractivity contribution < 1.29 is 32.5 Å². The van der Waals surface area contributed by atoms with Gasteiger partial charge in [0.1, 0.15) is 13.1 Å². The standard InChI is InChI=1S/C17H16F3N3O5/c1-9(10-2-3-10)22(8-17(18,19)20)14(24)7-21-15(25)12-5-4-11(23(27)28)6-13(12)16(21)26/h4-6,9-10H,2-3,7-8H2,1H3/t9-/m0/s1. The number of hydrogen-bond donors (Lipinski definition) is 0. The van der Waals surface area contributed by atoms with E-state index in [-0.39, 0.29) is 17.0 Å². The van der Waals surface area contributed by atoms with E-state index >= 15 is 0 Å². The highest BCUT2D eigenvalue weighted by molar-refractivity contribution is 6.22. The second-order valence-electron chi connectivity index (χ2n) is 6.90. The second kappa shape index (κ2) is 6.88. The molecule has 1 heterocycles. The van der Waals surface area contributed by atoms with Crippen LogP contribution < -0.4 is 0 Å². The molecule has 150 valence electrons. The van der Waals surface area contributed by atoms with E-state index in [1.165, 1.54) is 6.92 Å². The van der Waals surface area contributed by atoms with Crippen LogP contribution in [0.4, 0.5) is 18.9 Å². The van der Waals surface area contributed by atoms with Gasteiger partial charge in [-0.05, 0) is 31.7 Å². The van der Waals surface area contributed by atoms with Gasteiger partial charge in [-0.25, -0.2) is 0 Å². The zero-order chi connectivity index (χ0) is 20.8. The van der Waals surface area contributed by atoms with E-state index in [2.05, 4.69) is 0 Å². The molecule has 3 rings (SSSR count). The van der Waals surface area contributed by atoms with Crippen LogP contribution in [0.2, 0.25) is 0 Å². The molecule has 0 aromatic heterocycles. The molecule has 2 aliphatic rings. The first-order valence-corrected chi connectivity index (χ1v) is 8.50. The molecule has 1 aliphatic carbocycles. The van der Waals surface area contributed by atoms with E-state index in [1.54, 1.807) is 0 Å². The monoisotopic (exact) mass is 399 g/mol. The summed E-state index contributed by atoms with van der Waals surface area (Å²) in [7, 11) is 0. The van der Waals surface area contributed by atoms with Crippen LogP contribution in [0.25, 0.3) is 0 Å². The Hall–Kier alpha value is -2.98. The highest BCUT2D eigenvalue weighted by Gasteiger charge is 2.43. The van der Waals surface area contributed by atoms with Gasteiger partial charge in [0, 0.05) is 18.2 Å². The Bertz CT molecular complexity index is 866. The summed E-state index contributed by atoms with van der Waals surface area (Å²) in [5, 5.41) is 10.8. The zero-order valence-electron chi connectivity index (χ0n) is 14.7. The number of non-ortho nitro benzene ring substituents is 1. The fraction of sp³-hybridized carbons (Fsp3) is 0.471. The molecule has 0 saturated heterocycles.